The number of aliphatic hydroxyl groups is 2. The van der Waals surface area contributed by atoms with Crippen LogP contribution in [0, 0.1) is 0 Å². The third-order valence-corrected chi connectivity index (χ3v) is 15.7. The lowest BCUT2D eigenvalue weighted by Crippen LogP contribution is -2.45. The van der Waals surface area contributed by atoms with Crippen LogP contribution in [0.2, 0.25) is 0 Å². The van der Waals surface area contributed by atoms with Crippen molar-refractivity contribution in [3.8, 4) is 0 Å². The predicted molar refractivity (Wildman–Crippen MR) is 318 cm³/mol. The molecule has 2 atom stereocenters. The zero-order valence-corrected chi connectivity index (χ0v) is 48.8. The van der Waals surface area contributed by atoms with Gasteiger partial charge in [-0.1, -0.05) is 353 Å². The van der Waals surface area contributed by atoms with Gasteiger partial charge in [-0.2, -0.15) is 0 Å². The maximum Gasteiger partial charge on any atom is 0.220 e. The fraction of sp³-hybridized carbons (Fsp3) is 0.925. The molecule has 0 saturated carbocycles. The average molecular weight is 999 g/mol. The first-order chi connectivity index (χ1) is 35.2. The monoisotopic (exact) mass is 998 g/mol. The Morgan fingerprint density at radius 3 is 0.845 bits per heavy atom. The van der Waals surface area contributed by atoms with E-state index in [4.69, 9.17) is 0 Å². The number of unbranched alkanes of at least 4 members (excludes halogenated alkanes) is 51. The van der Waals surface area contributed by atoms with Crippen molar-refractivity contribution in [3.63, 3.8) is 0 Å². The van der Waals surface area contributed by atoms with Crippen molar-refractivity contribution < 1.29 is 15.0 Å². The van der Waals surface area contributed by atoms with Gasteiger partial charge >= 0.3 is 0 Å². The fourth-order valence-corrected chi connectivity index (χ4v) is 10.7. The quantitative estimate of drug-likeness (QED) is 0.0420. The number of carbonyl (C=O) groups excluding carboxylic acids is 1. The van der Waals surface area contributed by atoms with Gasteiger partial charge in [0.15, 0.2) is 0 Å². The van der Waals surface area contributed by atoms with E-state index in [9.17, 15) is 15.0 Å². The van der Waals surface area contributed by atoms with Gasteiger partial charge in [0.2, 0.25) is 5.91 Å². The van der Waals surface area contributed by atoms with Crippen LogP contribution < -0.4 is 5.32 Å². The number of amides is 1. The number of aliphatic hydroxyl groups excluding tert-OH is 2. The molecule has 0 radical (unpaired) electrons. The second kappa shape index (κ2) is 63.2. The molecular formula is C67H131NO3. The normalized spacial score (nSPS) is 12.8. The largest absolute Gasteiger partial charge is 0.394 e. The molecule has 0 spiro atoms. The van der Waals surface area contributed by atoms with E-state index < -0.39 is 12.1 Å². The molecule has 0 aliphatic rings. The maximum atomic E-state index is 12.5. The Balaban J connectivity index is 3.36. The van der Waals surface area contributed by atoms with E-state index in [2.05, 4.69) is 43.5 Å². The average Bonchev–Trinajstić information content (AvgIpc) is 3.37. The molecule has 2 unspecified atom stereocenters. The van der Waals surface area contributed by atoms with Crippen LogP contribution in [0.25, 0.3) is 0 Å². The van der Waals surface area contributed by atoms with E-state index in [0.29, 0.717) is 12.8 Å². The van der Waals surface area contributed by atoms with Crippen LogP contribution in [0.1, 0.15) is 380 Å². The van der Waals surface area contributed by atoms with Crippen LogP contribution in [-0.2, 0) is 4.79 Å². The molecule has 0 rings (SSSR count). The van der Waals surface area contributed by atoms with Gasteiger partial charge in [-0.15, -0.1) is 0 Å². The lowest BCUT2D eigenvalue weighted by molar-refractivity contribution is -0.123. The van der Waals surface area contributed by atoms with Crippen LogP contribution in [0.5, 0.6) is 0 Å². The van der Waals surface area contributed by atoms with Gasteiger partial charge in [0, 0.05) is 6.42 Å². The lowest BCUT2D eigenvalue weighted by Gasteiger charge is -2.22. The van der Waals surface area contributed by atoms with E-state index in [0.717, 1.165) is 32.1 Å². The highest BCUT2D eigenvalue weighted by Crippen LogP contribution is 2.19. The Kier molecular flexibility index (Phi) is 62.2. The van der Waals surface area contributed by atoms with Crippen LogP contribution in [0.3, 0.4) is 0 Å². The summed E-state index contributed by atoms with van der Waals surface area (Å²) in [7, 11) is 0. The molecule has 0 aliphatic carbocycles. The molecule has 0 aromatic carbocycles. The van der Waals surface area contributed by atoms with Gasteiger partial charge in [0.25, 0.3) is 0 Å². The van der Waals surface area contributed by atoms with Gasteiger partial charge in [0.05, 0.1) is 18.8 Å². The number of hydrogen-bond donors (Lipinski definition) is 3. The highest BCUT2D eigenvalue weighted by atomic mass is 16.3. The van der Waals surface area contributed by atoms with Crippen molar-refractivity contribution in [3.05, 3.63) is 24.3 Å². The second-order valence-corrected chi connectivity index (χ2v) is 22.9. The summed E-state index contributed by atoms with van der Waals surface area (Å²) in [4.78, 5) is 12.5. The minimum atomic E-state index is -0.657. The molecule has 0 aromatic rings. The zero-order valence-electron chi connectivity index (χ0n) is 48.8. The van der Waals surface area contributed by atoms with Crippen LogP contribution in [0.15, 0.2) is 24.3 Å². The molecule has 0 saturated heterocycles. The predicted octanol–water partition coefficient (Wildman–Crippen LogP) is 22.2. The Morgan fingerprint density at radius 1 is 0.338 bits per heavy atom. The summed E-state index contributed by atoms with van der Waals surface area (Å²) in [5, 5.41) is 23.4. The van der Waals surface area contributed by atoms with Gasteiger partial charge < -0.3 is 15.5 Å². The molecule has 422 valence electrons. The highest BCUT2D eigenvalue weighted by molar-refractivity contribution is 5.76. The van der Waals surface area contributed by atoms with Crippen molar-refractivity contribution in [2.24, 2.45) is 0 Å². The molecule has 3 N–H and O–H groups in total. The number of rotatable bonds is 62. The molecule has 0 fully saturated rings. The number of allylic oxidation sites excluding steroid dienone is 4. The summed E-state index contributed by atoms with van der Waals surface area (Å²) < 4.78 is 0. The Bertz CT molecular complexity index is 1040. The van der Waals surface area contributed by atoms with E-state index in [-0.39, 0.29) is 12.5 Å². The van der Waals surface area contributed by atoms with Crippen molar-refractivity contribution >= 4 is 5.91 Å². The summed E-state index contributed by atoms with van der Waals surface area (Å²) in [5.41, 5.74) is 0. The molecule has 0 aromatic heterocycles. The second-order valence-electron chi connectivity index (χ2n) is 22.9. The third kappa shape index (κ3) is 59.6. The van der Waals surface area contributed by atoms with Crippen LogP contribution in [0.4, 0.5) is 0 Å². The van der Waals surface area contributed by atoms with Crippen molar-refractivity contribution in [2.75, 3.05) is 6.61 Å². The molecule has 1 amide bonds. The summed E-state index contributed by atoms with van der Waals surface area (Å²) in [6.45, 7) is 4.39. The molecular weight excluding hydrogens is 867 g/mol. The first kappa shape index (κ1) is 69.9. The fourth-order valence-electron chi connectivity index (χ4n) is 10.7. The van der Waals surface area contributed by atoms with Gasteiger partial charge in [-0.3, -0.25) is 4.79 Å². The Labute approximate surface area is 447 Å². The lowest BCUT2D eigenvalue weighted by atomic mass is 10.0. The van der Waals surface area contributed by atoms with Gasteiger partial charge in [0.1, 0.15) is 0 Å². The highest BCUT2D eigenvalue weighted by Gasteiger charge is 2.20. The summed E-state index contributed by atoms with van der Waals surface area (Å²) in [6.07, 6.45) is 85.1. The van der Waals surface area contributed by atoms with Gasteiger partial charge in [-0.25, -0.2) is 0 Å². The van der Waals surface area contributed by atoms with Crippen LogP contribution in [-0.4, -0.2) is 34.9 Å². The Hall–Kier alpha value is -1.13. The summed E-state index contributed by atoms with van der Waals surface area (Å²) >= 11 is 0. The number of carbonyl (C=O) groups is 1. The molecule has 0 bridgehead atoms. The SMILES string of the molecule is CCCCCCC/C=C\C/C=C\CCCCCCCCCCCCCCCCCCCCCCCCCCCCCC(=O)NC(CO)C(O)CCCCCCCCCCCCCCCCCCCCCC. The van der Waals surface area contributed by atoms with E-state index in [1.165, 1.54) is 321 Å². The van der Waals surface area contributed by atoms with E-state index in [1.54, 1.807) is 0 Å². The number of hydrogen-bond acceptors (Lipinski definition) is 3. The van der Waals surface area contributed by atoms with Crippen LogP contribution >= 0.6 is 0 Å². The Morgan fingerprint density at radius 2 is 0.577 bits per heavy atom. The molecule has 0 heterocycles. The molecule has 71 heavy (non-hydrogen) atoms. The van der Waals surface area contributed by atoms with E-state index in [1.807, 2.05) is 0 Å². The maximum absolute atomic E-state index is 12.5. The van der Waals surface area contributed by atoms with Gasteiger partial charge in [-0.05, 0) is 44.9 Å². The minimum Gasteiger partial charge on any atom is -0.394 e. The van der Waals surface area contributed by atoms with Crippen molar-refractivity contribution in [1.82, 2.24) is 5.32 Å². The molecule has 4 nitrogen and oxygen atoms in total. The van der Waals surface area contributed by atoms with Crippen molar-refractivity contribution in [2.45, 2.75) is 392 Å². The molecule has 0 aliphatic heterocycles. The first-order valence-electron chi connectivity index (χ1n) is 33.0. The smallest absolute Gasteiger partial charge is 0.220 e. The number of nitrogens with one attached hydrogen (secondary N) is 1. The molecule has 4 heteroatoms. The standard InChI is InChI=1S/C67H131NO3/c1-3-5-7-9-11-13-15-17-19-21-23-25-26-27-28-29-30-31-32-33-34-35-36-37-38-39-40-41-42-43-45-47-49-51-53-55-57-59-61-63-67(71)68-65(64-69)66(70)62-60-58-56-54-52-50-48-46-44-24-22-20-18-16-14-12-10-8-6-4-2/h15,17,21,23,65-66,69-70H,3-14,16,18-20,22,24-64H2,1-2H3,(H,68,71)/b17-15-,23-21-. The third-order valence-electron chi connectivity index (χ3n) is 15.7. The van der Waals surface area contributed by atoms with E-state index >= 15 is 0 Å². The van der Waals surface area contributed by atoms with Crippen molar-refractivity contribution in [1.29, 1.82) is 0 Å². The summed E-state index contributed by atoms with van der Waals surface area (Å²) in [5.74, 6) is -0.0221. The minimum absolute atomic E-state index is 0.0221. The zero-order chi connectivity index (χ0) is 51.3. The summed E-state index contributed by atoms with van der Waals surface area (Å²) in [6, 6.07) is -0.534. The first-order valence-corrected chi connectivity index (χ1v) is 33.0. The topological polar surface area (TPSA) is 69.6 Å².